The summed E-state index contributed by atoms with van der Waals surface area (Å²) in [5.74, 6) is -0.385. The van der Waals surface area contributed by atoms with Crippen LogP contribution in [0.15, 0.2) is 48.5 Å². The highest BCUT2D eigenvalue weighted by Crippen LogP contribution is 2.21. The fourth-order valence-electron chi connectivity index (χ4n) is 1.96. The Morgan fingerprint density at radius 3 is 2.32 bits per heavy atom. The Balaban J connectivity index is 2.27. The minimum absolute atomic E-state index is 0.385. The Bertz CT molecular complexity index is 579. The second kappa shape index (κ2) is 5.57. The summed E-state index contributed by atoms with van der Waals surface area (Å²) in [7, 11) is 0. The number of anilines is 1. The number of hydrogen-bond donors (Lipinski definition) is 2. The molecule has 2 rings (SSSR count). The van der Waals surface area contributed by atoms with E-state index in [1.807, 2.05) is 55.5 Å². The zero-order valence-electron chi connectivity index (χ0n) is 11.2. The molecule has 0 saturated carbocycles. The maximum absolute atomic E-state index is 11.6. The maximum atomic E-state index is 11.6. The average Bonchev–Trinajstić information content (AvgIpc) is 2.40. The van der Waals surface area contributed by atoms with Gasteiger partial charge in [0.1, 0.15) is 6.04 Å². The molecule has 3 heteroatoms. The molecule has 98 valence electrons. The van der Waals surface area contributed by atoms with Crippen LogP contribution in [-0.4, -0.2) is 5.91 Å². The number of rotatable bonds is 4. The zero-order valence-corrected chi connectivity index (χ0v) is 11.2. The first-order chi connectivity index (χ1) is 9.08. The number of benzene rings is 2. The van der Waals surface area contributed by atoms with Gasteiger partial charge in [-0.1, -0.05) is 36.4 Å². The summed E-state index contributed by atoms with van der Waals surface area (Å²) in [5, 5.41) is 3.19. The molecule has 3 N–H and O–H groups in total. The van der Waals surface area contributed by atoms with Crippen molar-refractivity contribution < 1.29 is 4.79 Å². The van der Waals surface area contributed by atoms with Gasteiger partial charge in [-0.3, -0.25) is 4.79 Å². The Morgan fingerprint density at radius 2 is 1.74 bits per heavy atom. The molecule has 3 nitrogen and oxygen atoms in total. The standard InChI is InChI=1S/C16H18N2O/c1-11-8-9-14(10-12(11)2)18-15(16(17)19)13-6-4-3-5-7-13/h3-10,15,18H,1-2H3,(H2,17,19)/t15-/m1/s1. The van der Waals surface area contributed by atoms with Crippen molar-refractivity contribution in [2.45, 2.75) is 19.9 Å². The van der Waals surface area contributed by atoms with Crippen LogP contribution in [0.5, 0.6) is 0 Å². The lowest BCUT2D eigenvalue weighted by molar-refractivity contribution is -0.118. The number of hydrogen-bond acceptors (Lipinski definition) is 2. The molecule has 19 heavy (non-hydrogen) atoms. The van der Waals surface area contributed by atoms with Crippen molar-refractivity contribution in [3.05, 3.63) is 65.2 Å². The van der Waals surface area contributed by atoms with E-state index in [1.165, 1.54) is 11.1 Å². The van der Waals surface area contributed by atoms with Crippen molar-refractivity contribution in [2.75, 3.05) is 5.32 Å². The van der Waals surface area contributed by atoms with Gasteiger partial charge in [0.25, 0.3) is 0 Å². The predicted molar refractivity (Wildman–Crippen MR) is 77.9 cm³/mol. The van der Waals surface area contributed by atoms with Gasteiger partial charge in [0.05, 0.1) is 0 Å². The van der Waals surface area contributed by atoms with Gasteiger partial charge in [0.15, 0.2) is 0 Å². The smallest absolute Gasteiger partial charge is 0.244 e. The number of nitrogens with one attached hydrogen (secondary N) is 1. The van der Waals surface area contributed by atoms with Crippen LogP contribution in [0.1, 0.15) is 22.7 Å². The summed E-state index contributed by atoms with van der Waals surface area (Å²) < 4.78 is 0. The second-order valence-electron chi connectivity index (χ2n) is 4.69. The molecular weight excluding hydrogens is 236 g/mol. The zero-order chi connectivity index (χ0) is 13.8. The lowest BCUT2D eigenvalue weighted by atomic mass is 10.0. The van der Waals surface area contributed by atoms with Crippen LogP contribution in [0, 0.1) is 13.8 Å². The van der Waals surface area contributed by atoms with Crippen molar-refractivity contribution in [1.29, 1.82) is 0 Å². The van der Waals surface area contributed by atoms with Gasteiger partial charge < -0.3 is 11.1 Å². The van der Waals surface area contributed by atoms with Crippen molar-refractivity contribution in [3.8, 4) is 0 Å². The molecule has 0 aliphatic rings. The SMILES string of the molecule is Cc1ccc(N[C@@H](C(N)=O)c2ccccc2)cc1C. The maximum Gasteiger partial charge on any atom is 0.244 e. The Morgan fingerprint density at radius 1 is 1.05 bits per heavy atom. The molecule has 2 aromatic rings. The monoisotopic (exact) mass is 254 g/mol. The van der Waals surface area contributed by atoms with Crippen LogP contribution in [0.2, 0.25) is 0 Å². The summed E-state index contributed by atoms with van der Waals surface area (Å²) >= 11 is 0. The van der Waals surface area contributed by atoms with Crippen LogP contribution in [0.4, 0.5) is 5.69 Å². The van der Waals surface area contributed by atoms with E-state index in [1.54, 1.807) is 0 Å². The van der Waals surface area contributed by atoms with Crippen LogP contribution in [0.3, 0.4) is 0 Å². The summed E-state index contributed by atoms with van der Waals surface area (Å²) in [6.07, 6.45) is 0. The van der Waals surface area contributed by atoms with Crippen LogP contribution in [-0.2, 0) is 4.79 Å². The highest BCUT2D eigenvalue weighted by atomic mass is 16.1. The molecular formula is C16H18N2O. The molecule has 0 bridgehead atoms. The first-order valence-electron chi connectivity index (χ1n) is 6.26. The summed E-state index contributed by atoms with van der Waals surface area (Å²) in [4.78, 5) is 11.6. The Hall–Kier alpha value is -2.29. The molecule has 1 amide bonds. The number of nitrogens with two attached hydrogens (primary N) is 1. The van der Waals surface area contributed by atoms with Gasteiger partial charge in [0.2, 0.25) is 5.91 Å². The van der Waals surface area contributed by atoms with Gasteiger partial charge in [-0.05, 0) is 42.7 Å². The molecule has 0 aromatic heterocycles. The summed E-state index contributed by atoms with van der Waals surface area (Å²) in [6, 6.07) is 15.0. The van der Waals surface area contributed by atoms with Gasteiger partial charge in [-0.2, -0.15) is 0 Å². The molecule has 0 spiro atoms. The van der Waals surface area contributed by atoms with Gasteiger partial charge >= 0.3 is 0 Å². The average molecular weight is 254 g/mol. The number of carbonyl (C=O) groups is 1. The van der Waals surface area contributed by atoms with Crippen molar-refractivity contribution in [2.24, 2.45) is 5.73 Å². The van der Waals surface area contributed by atoms with E-state index >= 15 is 0 Å². The van der Waals surface area contributed by atoms with Crippen LogP contribution in [0.25, 0.3) is 0 Å². The molecule has 0 unspecified atom stereocenters. The lowest BCUT2D eigenvalue weighted by Crippen LogP contribution is -2.27. The van der Waals surface area contributed by atoms with E-state index < -0.39 is 6.04 Å². The topological polar surface area (TPSA) is 55.1 Å². The van der Waals surface area contributed by atoms with E-state index in [2.05, 4.69) is 12.2 Å². The third kappa shape index (κ3) is 3.13. The van der Waals surface area contributed by atoms with Crippen molar-refractivity contribution in [3.63, 3.8) is 0 Å². The molecule has 2 aromatic carbocycles. The summed E-state index contributed by atoms with van der Waals surface area (Å²) in [5.41, 5.74) is 9.66. The minimum atomic E-state index is -0.511. The summed E-state index contributed by atoms with van der Waals surface area (Å²) in [6.45, 7) is 4.10. The number of carbonyl (C=O) groups excluding carboxylic acids is 1. The largest absolute Gasteiger partial charge is 0.370 e. The van der Waals surface area contributed by atoms with Gasteiger partial charge in [-0.25, -0.2) is 0 Å². The fourth-order valence-corrected chi connectivity index (χ4v) is 1.96. The van der Waals surface area contributed by atoms with E-state index in [-0.39, 0.29) is 5.91 Å². The lowest BCUT2D eigenvalue weighted by Gasteiger charge is -2.18. The highest BCUT2D eigenvalue weighted by molar-refractivity contribution is 5.84. The normalized spacial score (nSPS) is 11.9. The van der Waals surface area contributed by atoms with Crippen molar-refractivity contribution in [1.82, 2.24) is 0 Å². The Kier molecular flexibility index (Phi) is 3.85. The molecule has 0 fully saturated rings. The first-order valence-corrected chi connectivity index (χ1v) is 6.26. The third-order valence-electron chi connectivity index (χ3n) is 3.24. The highest BCUT2D eigenvalue weighted by Gasteiger charge is 2.17. The molecule has 0 heterocycles. The molecule has 1 atom stereocenters. The number of aryl methyl sites for hydroxylation is 2. The van der Waals surface area contributed by atoms with Gasteiger partial charge in [0, 0.05) is 5.69 Å². The minimum Gasteiger partial charge on any atom is -0.370 e. The van der Waals surface area contributed by atoms with Crippen molar-refractivity contribution >= 4 is 11.6 Å². The van der Waals surface area contributed by atoms with E-state index in [0.29, 0.717) is 0 Å². The Labute approximate surface area is 113 Å². The van der Waals surface area contributed by atoms with Crippen LogP contribution >= 0.6 is 0 Å². The third-order valence-corrected chi connectivity index (χ3v) is 3.24. The van der Waals surface area contributed by atoms with Gasteiger partial charge in [-0.15, -0.1) is 0 Å². The quantitative estimate of drug-likeness (QED) is 0.881. The first kappa shape index (κ1) is 13.1. The molecule has 0 radical (unpaired) electrons. The fraction of sp³-hybridized carbons (Fsp3) is 0.188. The molecule has 0 aliphatic carbocycles. The predicted octanol–water partition coefficient (Wildman–Crippen LogP) is 2.94. The van der Waals surface area contributed by atoms with E-state index in [0.717, 1.165) is 11.3 Å². The van der Waals surface area contributed by atoms with Crippen LogP contribution < -0.4 is 11.1 Å². The second-order valence-corrected chi connectivity index (χ2v) is 4.69. The number of amides is 1. The van der Waals surface area contributed by atoms with E-state index in [4.69, 9.17) is 5.73 Å². The molecule has 0 aliphatic heterocycles. The van der Waals surface area contributed by atoms with E-state index in [9.17, 15) is 4.79 Å². The number of primary amides is 1. The molecule has 0 saturated heterocycles.